The molecule has 3 aromatic carbocycles. The Kier molecular flexibility index (Phi) is 7.85. The van der Waals surface area contributed by atoms with Crippen LogP contribution in [0.5, 0.6) is 23.0 Å². The number of carbonyl (C=O) groups is 3. The summed E-state index contributed by atoms with van der Waals surface area (Å²) in [5, 5.41) is 3.65. The molecule has 3 aliphatic rings. The summed E-state index contributed by atoms with van der Waals surface area (Å²) in [6.45, 7) is 1.84. The van der Waals surface area contributed by atoms with Crippen molar-refractivity contribution in [1.29, 1.82) is 0 Å². The molecule has 0 saturated carbocycles. The van der Waals surface area contributed by atoms with Crippen molar-refractivity contribution in [3.05, 3.63) is 83.3 Å². The van der Waals surface area contributed by atoms with E-state index in [-0.39, 0.29) is 55.9 Å². The summed E-state index contributed by atoms with van der Waals surface area (Å²) in [5.41, 5.74) is 2.30. The molecule has 0 aliphatic carbocycles. The number of methoxy groups -OCH3 is 1. The van der Waals surface area contributed by atoms with Gasteiger partial charge in [-0.2, -0.15) is 0 Å². The van der Waals surface area contributed by atoms with Crippen LogP contribution in [0.2, 0.25) is 0 Å². The van der Waals surface area contributed by atoms with Crippen LogP contribution in [0.3, 0.4) is 0 Å². The minimum Gasteiger partial charge on any atom is -0.493 e. The predicted molar refractivity (Wildman–Crippen MR) is 165 cm³/mol. The van der Waals surface area contributed by atoms with Crippen LogP contribution in [0.1, 0.15) is 38.7 Å². The molecule has 11 nitrogen and oxygen atoms in total. The van der Waals surface area contributed by atoms with Gasteiger partial charge in [0.05, 0.1) is 19.6 Å². The molecule has 238 valence electrons. The van der Waals surface area contributed by atoms with E-state index >= 15 is 0 Å². The van der Waals surface area contributed by atoms with E-state index in [2.05, 4.69) is 10.3 Å². The number of aromatic nitrogens is 1. The topological polar surface area (TPSA) is 122 Å². The van der Waals surface area contributed by atoms with Crippen LogP contribution in [-0.4, -0.2) is 85.7 Å². The number of nitrogens with zero attached hydrogens (tertiary/aromatic N) is 2. The van der Waals surface area contributed by atoms with E-state index in [1.165, 1.54) is 12.1 Å². The molecule has 4 heterocycles. The van der Waals surface area contributed by atoms with E-state index in [4.69, 9.17) is 18.9 Å². The molecule has 7 rings (SSSR count). The van der Waals surface area contributed by atoms with Crippen molar-refractivity contribution in [1.82, 2.24) is 20.1 Å². The lowest BCUT2D eigenvalue weighted by molar-refractivity contribution is -0.124. The number of rotatable bonds is 3. The molecule has 0 unspecified atom stereocenters. The molecule has 12 heteroatoms. The molecule has 4 aromatic rings. The molecule has 1 aromatic heterocycles. The monoisotopic (exact) mass is 628 g/mol. The van der Waals surface area contributed by atoms with Crippen molar-refractivity contribution < 1.29 is 37.7 Å². The van der Waals surface area contributed by atoms with Crippen molar-refractivity contribution in [3.8, 4) is 23.0 Å². The number of amides is 3. The zero-order valence-corrected chi connectivity index (χ0v) is 25.2. The Balaban J connectivity index is 1.13. The number of halogens is 1. The third-order valence-corrected chi connectivity index (χ3v) is 8.80. The maximum absolute atomic E-state index is 13.8. The first-order valence-electron chi connectivity index (χ1n) is 15.2. The summed E-state index contributed by atoms with van der Waals surface area (Å²) in [6, 6.07) is 16.6. The molecule has 2 bridgehead atoms. The highest BCUT2D eigenvalue weighted by Gasteiger charge is 2.41. The van der Waals surface area contributed by atoms with Crippen molar-refractivity contribution in [2.75, 3.05) is 53.2 Å². The Hall–Kier alpha value is -5.26. The summed E-state index contributed by atoms with van der Waals surface area (Å²) >= 11 is 0. The molecular formula is C34H33FN4O7. The van der Waals surface area contributed by atoms with Gasteiger partial charge in [0.25, 0.3) is 11.8 Å². The van der Waals surface area contributed by atoms with Gasteiger partial charge in [0.15, 0.2) is 23.0 Å². The highest BCUT2D eigenvalue weighted by molar-refractivity contribution is 5.98. The zero-order chi connectivity index (χ0) is 31.8. The molecule has 3 amide bonds. The van der Waals surface area contributed by atoms with Gasteiger partial charge in [-0.1, -0.05) is 6.07 Å². The SMILES string of the molecule is COc1ccc2cc1OCCN(C(=O)c1cc3cc(F)ccc3[nH]1)CCCNC(=O)[C@H]1CN(C(=O)c3ccc4c(c3)OCO4)C[C@H]21. The second kappa shape index (κ2) is 12.3. The molecule has 1 fully saturated rings. The number of fused-ring (bicyclic) bond motifs is 6. The third kappa shape index (κ3) is 5.66. The Morgan fingerprint density at radius 2 is 1.72 bits per heavy atom. The molecule has 2 atom stereocenters. The molecule has 0 spiro atoms. The fourth-order valence-electron chi connectivity index (χ4n) is 6.40. The summed E-state index contributed by atoms with van der Waals surface area (Å²) in [4.78, 5) is 47.3. The van der Waals surface area contributed by atoms with Gasteiger partial charge in [0, 0.05) is 48.6 Å². The highest BCUT2D eigenvalue weighted by Crippen LogP contribution is 2.39. The number of hydrogen-bond donors (Lipinski definition) is 2. The lowest BCUT2D eigenvalue weighted by Crippen LogP contribution is -2.39. The number of aromatic amines is 1. The standard InChI is InChI=1S/C34H33FN4O7/c1-43-28-7-3-20-15-30(28)44-12-11-38(34(42)27-14-22-13-23(35)5-6-26(22)37-27)10-2-9-36-32(40)25-18-39(17-24(20)25)33(41)21-4-8-29-31(16-21)46-19-45-29/h3-8,13-16,24-25,37H,2,9-12,17-19H2,1H3,(H,36,40)/t24-,25+/m1/s1. The fourth-order valence-corrected chi connectivity index (χ4v) is 6.40. The van der Waals surface area contributed by atoms with Gasteiger partial charge >= 0.3 is 0 Å². The van der Waals surface area contributed by atoms with Crippen LogP contribution in [0.4, 0.5) is 4.39 Å². The van der Waals surface area contributed by atoms with Crippen molar-refractivity contribution in [2.45, 2.75) is 12.3 Å². The molecule has 46 heavy (non-hydrogen) atoms. The Labute approximate surface area is 264 Å². The normalized spacial score (nSPS) is 19.7. The average Bonchev–Trinajstić information content (AvgIpc) is 3.82. The minimum absolute atomic E-state index is 0.110. The number of likely N-dealkylation sites (tertiary alicyclic amines) is 1. The van der Waals surface area contributed by atoms with E-state index in [0.29, 0.717) is 71.2 Å². The summed E-state index contributed by atoms with van der Waals surface area (Å²) in [5.74, 6) is 0.307. The van der Waals surface area contributed by atoms with E-state index in [9.17, 15) is 18.8 Å². The predicted octanol–water partition coefficient (Wildman–Crippen LogP) is 3.94. The van der Waals surface area contributed by atoms with Crippen LogP contribution in [0.25, 0.3) is 10.9 Å². The number of benzene rings is 3. The number of ether oxygens (including phenoxy) is 4. The highest BCUT2D eigenvalue weighted by atomic mass is 19.1. The van der Waals surface area contributed by atoms with E-state index in [1.807, 2.05) is 12.1 Å². The molecule has 0 radical (unpaired) electrons. The number of H-pyrrole nitrogens is 1. The van der Waals surface area contributed by atoms with Gasteiger partial charge in [0.2, 0.25) is 12.7 Å². The number of nitrogens with one attached hydrogen (secondary N) is 2. The zero-order valence-electron chi connectivity index (χ0n) is 25.2. The van der Waals surface area contributed by atoms with Gasteiger partial charge < -0.3 is 39.0 Å². The molecule has 3 aliphatic heterocycles. The molecular weight excluding hydrogens is 595 g/mol. The maximum atomic E-state index is 13.8. The Morgan fingerprint density at radius 1 is 0.870 bits per heavy atom. The minimum atomic E-state index is -0.508. The first kappa shape index (κ1) is 29.5. The van der Waals surface area contributed by atoms with Crippen LogP contribution >= 0.6 is 0 Å². The molecule has 2 N–H and O–H groups in total. The van der Waals surface area contributed by atoms with Crippen molar-refractivity contribution in [2.24, 2.45) is 5.92 Å². The Morgan fingerprint density at radius 3 is 2.59 bits per heavy atom. The van der Waals surface area contributed by atoms with Crippen LogP contribution in [-0.2, 0) is 4.79 Å². The smallest absolute Gasteiger partial charge is 0.270 e. The van der Waals surface area contributed by atoms with E-state index in [1.54, 1.807) is 53.3 Å². The van der Waals surface area contributed by atoms with Crippen LogP contribution in [0, 0.1) is 11.7 Å². The first-order chi connectivity index (χ1) is 22.4. The van der Waals surface area contributed by atoms with Gasteiger partial charge in [-0.15, -0.1) is 0 Å². The second-order valence-electron chi connectivity index (χ2n) is 11.6. The largest absolute Gasteiger partial charge is 0.493 e. The first-order valence-corrected chi connectivity index (χ1v) is 15.2. The van der Waals surface area contributed by atoms with Gasteiger partial charge in [-0.05, 0) is 66.6 Å². The van der Waals surface area contributed by atoms with Crippen LogP contribution < -0.4 is 24.3 Å². The fraction of sp³-hybridized carbons (Fsp3) is 0.324. The number of carbonyl (C=O) groups excluding carboxylic acids is 3. The molecule has 1 saturated heterocycles. The summed E-state index contributed by atoms with van der Waals surface area (Å²) < 4.78 is 36.4. The van der Waals surface area contributed by atoms with Gasteiger partial charge in [0.1, 0.15) is 18.1 Å². The van der Waals surface area contributed by atoms with Gasteiger partial charge in [-0.3, -0.25) is 14.4 Å². The third-order valence-electron chi connectivity index (χ3n) is 8.80. The second-order valence-corrected chi connectivity index (χ2v) is 11.6. The number of hydrogen-bond acceptors (Lipinski definition) is 7. The summed E-state index contributed by atoms with van der Waals surface area (Å²) in [6.07, 6.45) is 0.498. The lowest BCUT2D eigenvalue weighted by atomic mass is 9.88. The van der Waals surface area contributed by atoms with Crippen molar-refractivity contribution >= 4 is 28.6 Å². The quantitative estimate of drug-likeness (QED) is 0.353. The lowest BCUT2D eigenvalue weighted by Gasteiger charge is -2.25. The summed E-state index contributed by atoms with van der Waals surface area (Å²) in [7, 11) is 1.55. The van der Waals surface area contributed by atoms with E-state index in [0.717, 1.165) is 5.56 Å². The maximum Gasteiger partial charge on any atom is 0.270 e. The van der Waals surface area contributed by atoms with Gasteiger partial charge in [-0.25, -0.2) is 4.39 Å². The van der Waals surface area contributed by atoms with E-state index < -0.39 is 5.92 Å². The van der Waals surface area contributed by atoms with Crippen molar-refractivity contribution in [3.63, 3.8) is 0 Å². The Bertz CT molecular complexity index is 1820. The van der Waals surface area contributed by atoms with Crippen LogP contribution in [0.15, 0.2) is 60.7 Å². The average molecular weight is 629 g/mol.